The van der Waals surface area contributed by atoms with Gasteiger partial charge in [-0.3, -0.25) is 4.68 Å². The molecule has 0 aliphatic heterocycles. The molecule has 5 heteroatoms. The number of aryl methyl sites for hydroxylation is 1. The quantitative estimate of drug-likeness (QED) is 0.795. The van der Waals surface area contributed by atoms with E-state index in [9.17, 15) is 0 Å². The van der Waals surface area contributed by atoms with Gasteiger partial charge in [-0.05, 0) is 42.8 Å². The van der Waals surface area contributed by atoms with E-state index < -0.39 is 0 Å². The summed E-state index contributed by atoms with van der Waals surface area (Å²) in [6, 6.07) is 8.46. The third-order valence-electron chi connectivity index (χ3n) is 3.00. The Morgan fingerprint density at radius 3 is 2.70 bits per heavy atom. The van der Waals surface area contributed by atoms with Crippen molar-refractivity contribution in [3.63, 3.8) is 0 Å². The predicted octanol–water partition coefficient (Wildman–Crippen LogP) is 3.39. The molecule has 2 rings (SSSR count). The smallest absolute Gasteiger partial charge is 0.0522 e. The highest BCUT2D eigenvalue weighted by atomic mass is 35.5. The average molecular weight is 310 g/mol. The molecule has 3 nitrogen and oxygen atoms in total. The molecule has 0 aliphatic rings. The molecule has 0 amide bonds. The lowest BCUT2D eigenvalue weighted by atomic mass is 10.1. The molecular weight excluding hydrogens is 290 g/mol. The summed E-state index contributed by atoms with van der Waals surface area (Å²) in [7, 11) is 1.95. The second-order valence-corrected chi connectivity index (χ2v) is 6.28. The van der Waals surface area contributed by atoms with Crippen LogP contribution >= 0.6 is 23.4 Å². The molecule has 1 atom stereocenters. The number of aromatic nitrogens is 2. The fraction of sp³-hybridized carbons (Fsp3) is 0.400. The second-order valence-electron chi connectivity index (χ2n) is 4.75. The van der Waals surface area contributed by atoms with E-state index in [1.165, 1.54) is 10.5 Å². The van der Waals surface area contributed by atoms with Crippen molar-refractivity contribution in [3.8, 4) is 0 Å². The molecule has 0 radical (unpaired) electrons. The lowest BCUT2D eigenvalue weighted by molar-refractivity contribution is 0.572. The normalized spacial score (nSPS) is 12.6. The van der Waals surface area contributed by atoms with E-state index >= 15 is 0 Å². The SMILES string of the molecule is CCNC(CSc1ccc(Cl)cc1)Cc1cnn(C)c1. The van der Waals surface area contributed by atoms with E-state index in [0.717, 1.165) is 23.7 Å². The third kappa shape index (κ3) is 4.85. The van der Waals surface area contributed by atoms with Gasteiger partial charge in [0.15, 0.2) is 0 Å². The van der Waals surface area contributed by atoms with Crippen LogP contribution in [0.4, 0.5) is 0 Å². The lowest BCUT2D eigenvalue weighted by Crippen LogP contribution is -2.33. The number of hydrogen-bond acceptors (Lipinski definition) is 3. The van der Waals surface area contributed by atoms with Gasteiger partial charge in [-0.25, -0.2) is 0 Å². The van der Waals surface area contributed by atoms with E-state index in [1.54, 1.807) is 0 Å². The van der Waals surface area contributed by atoms with Crippen LogP contribution in [0, 0.1) is 0 Å². The molecule has 0 fully saturated rings. The standard InChI is InChI=1S/C15H20ClN3S/c1-3-17-14(8-12-9-18-19(2)10-12)11-20-15-6-4-13(16)5-7-15/h4-7,9-10,14,17H,3,8,11H2,1-2H3. The molecular formula is C15H20ClN3S. The minimum absolute atomic E-state index is 0.449. The van der Waals surface area contributed by atoms with Gasteiger partial charge in [0, 0.05) is 35.0 Å². The van der Waals surface area contributed by atoms with Crippen molar-refractivity contribution in [3.05, 3.63) is 47.2 Å². The zero-order chi connectivity index (χ0) is 14.4. The molecule has 1 aromatic carbocycles. The van der Waals surface area contributed by atoms with E-state index in [4.69, 9.17) is 11.6 Å². The largest absolute Gasteiger partial charge is 0.313 e. The minimum Gasteiger partial charge on any atom is -0.313 e. The Hall–Kier alpha value is -0.970. The topological polar surface area (TPSA) is 29.9 Å². The van der Waals surface area contributed by atoms with Gasteiger partial charge in [-0.1, -0.05) is 18.5 Å². The first-order chi connectivity index (χ1) is 9.67. The maximum atomic E-state index is 5.90. The molecule has 0 aliphatic carbocycles. The van der Waals surface area contributed by atoms with Crippen molar-refractivity contribution in [2.24, 2.45) is 7.05 Å². The van der Waals surface area contributed by atoms with Crippen molar-refractivity contribution in [1.82, 2.24) is 15.1 Å². The fourth-order valence-electron chi connectivity index (χ4n) is 2.07. The zero-order valence-electron chi connectivity index (χ0n) is 11.8. The molecule has 20 heavy (non-hydrogen) atoms. The Bertz CT molecular complexity index is 524. The molecule has 1 heterocycles. The van der Waals surface area contributed by atoms with Gasteiger partial charge in [0.2, 0.25) is 0 Å². The van der Waals surface area contributed by atoms with E-state index in [1.807, 2.05) is 41.8 Å². The van der Waals surface area contributed by atoms with Crippen LogP contribution in [-0.2, 0) is 13.5 Å². The maximum Gasteiger partial charge on any atom is 0.0522 e. The monoisotopic (exact) mass is 309 g/mol. The molecule has 0 saturated heterocycles. The molecule has 2 aromatic rings. The van der Waals surface area contributed by atoms with Crippen LogP contribution in [0.25, 0.3) is 0 Å². The first-order valence-corrected chi connectivity index (χ1v) is 8.13. The molecule has 1 aromatic heterocycles. The highest BCUT2D eigenvalue weighted by Gasteiger charge is 2.10. The van der Waals surface area contributed by atoms with Gasteiger partial charge in [0.05, 0.1) is 6.20 Å². The van der Waals surface area contributed by atoms with Crippen LogP contribution in [0.1, 0.15) is 12.5 Å². The fourth-order valence-corrected chi connectivity index (χ4v) is 3.15. The minimum atomic E-state index is 0.449. The number of halogens is 1. The molecule has 1 N–H and O–H groups in total. The molecule has 0 spiro atoms. The maximum absolute atomic E-state index is 5.90. The Morgan fingerprint density at radius 2 is 2.10 bits per heavy atom. The van der Waals surface area contributed by atoms with Crippen LogP contribution in [0.15, 0.2) is 41.6 Å². The van der Waals surface area contributed by atoms with Crippen molar-refractivity contribution < 1.29 is 0 Å². The Kier molecular flexibility index (Phi) is 5.95. The molecule has 0 bridgehead atoms. The van der Waals surface area contributed by atoms with Crippen molar-refractivity contribution in [2.45, 2.75) is 24.3 Å². The van der Waals surface area contributed by atoms with Gasteiger partial charge in [-0.2, -0.15) is 5.10 Å². The van der Waals surface area contributed by atoms with Gasteiger partial charge >= 0.3 is 0 Å². The van der Waals surface area contributed by atoms with Crippen LogP contribution in [-0.4, -0.2) is 28.1 Å². The van der Waals surface area contributed by atoms with Gasteiger partial charge in [0.25, 0.3) is 0 Å². The van der Waals surface area contributed by atoms with Crippen LogP contribution in [0.5, 0.6) is 0 Å². The third-order valence-corrected chi connectivity index (χ3v) is 4.42. The number of nitrogens with zero attached hydrogens (tertiary/aromatic N) is 2. The van der Waals surface area contributed by atoms with E-state index in [-0.39, 0.29) is 0 Å². The molecule has 0 saturated carbocycles. The first-order valence-electron chi connectivity index (χ1n) is 6.76. The first kappa shape index (κ1) is 15.4. The summed E-state index contributed by atoms with van der Waals surface area (Å²) >= 11 is 7.76. The van der Waals surface area contributed by atoms with Gasteiger partial charge in [-0.15, -0.1) is 11.8 Å². The van der Waals surface area contributed by atoms with E-state index in [2.05, 4.69) is 35.7 Å². The summed E-state index contributed by atoms with van der Waals surface area (Å²) in [5.74, 6) is 1.03. The number of nitrogens with one attached hydrogen (secondary N) is 1. The average Bonchev–Trinajstić information content (AvgIpc) is 2.83. The number of likely N-dealkylation sites (N-methyl/N-ethyl adjacent to an activating group) is 1. The van der Waals surface area contributed by atoms with Crippen LogP contribution in [0.2, 0.25) is 5.02 Å². The lowest BCUT2D eigenvalue weighted by Gasteiger charge is -2.16. The summed E-state index contributed by atoms with van der Waals surface area (Å²) in [6.45, 7) is 3.12. The van der Waals surface area contributed by atoms with E-state index in [0.29, 0.717) is 6.04 Å². The molecule has 108 valence electrons. The van der Waals surface area contributed by atoms with Crippen molar-refractivity contribution >= 4 is 23.4 Å². The predicted molar refractivity (Wildman–Crippen MR) is 86.6 cm³/mol. The molecule has 1 unspecified atom stereocenters. The van der Waals surface area contributed by atoms with Gasteiger partial charge < -0.3 is 5.32 Å². The summed E-state index contributed by atoms with van der Waals surface area (Å²) < 4.78 is 1.85. The van der Waals surface area contributed by atoms with Crippen LogP contribution in [0.3, 0.4) is 0 Å². The summed E-state index contributed by atoms with van der Waals surface area (Å²) in [5.41, 5.74) is 1.27. The Morgan fingerprint density at radius 1 is 1.35 bits per heavy atom. The van der Waals surface area contributed by atoms with Crippen LogP contribution < -0.4 is 5.32 Å². The zero-order valence-corrected chi connectivity index (χ0v) is 13.4. The summed E-state index contributed by atoms with van der Waals surface area (Å²) in [6.07, 6.45) is 5.02. The highest BCUT2D eigenvalue weighted by Crippen LogP contribution is 2.21. The highest BCUT2D eigenvalue weighted by molar-refractivity contribution is 7.99. The summed E-state index contributed by atoms with van der Waals surface area (Å²) in [4.78, 5) is 1.25. The second kappa shape index (κ2) is 7.72. The number of benzene rings is 1. The van der Waals surface area contributed by atoms with Crippen molar-refractivity contribution in [1.29, 1.82) is 0 Å². The summed E-state index contributed by atoms with van der Waals surface area (Å²) in [5, 5.41) is 8.55. The number of hydrogen-bond donors (Lipinski definition) is 1. The Balaban J connectivity index is 1.90. The van der Waals surface area contributed by atoms with Gasteiger partial charge in [0.1, 0.15) is 0 Å². The number of rotatable bonds is 7. The van der Waals surface area contributed by atoms with Crippen molar-refractivity contribution in [2.75, 3.05) is 12.3 Å². The Labute approximate surface area is 129 Å². The number of thioether (sulfide) groups is 1.